The normalized spacial score (nSPS) is 15.0. The van der Waals surface area contributed by atoms with Crippen LogP contribution >= 0.6 is 24.0 Å². The first-order valence-electron chi connectivity index (χ1n) is 11.2. The number of nitrogens with one attached hydrogen (secondary N) is 2. The topological polar surface area (TPSA) is 66.7 Å². The lowest BCUT2D eigenvalue weighted by Gasteiger charge is -2.28. The highest BCUT2D eigenvalue weighted by atomic mass is 127. The van der Waals surface area contributed by atoms with Gasteiger partial charge in [0.2, 0.25) is 0 Å². The van der Waals surface area contributed by atoms with Crippen LogP contribution < -0.4 is 15.4 Å². The summed E-state index contributed by atoms with van der Waals surface area (Å²) in [7, 11) is 3.47. The smallest absolute Gasteiger partial charge is 0.191 e. The Balaban J connectivity index is 0.00000306. The Morgan fingerprint density at radius 3 is 2.42 bits per heavy atom. The number of hydrogen-bond acceptors (Lipinski definition) is 4. The molecule has 1 unspecified atom stereocenters. The fraction of sp³-hybridized carbons (Fsp3) is 0.360. The van der Waals surface area contributed by atoms with E-state index in [0.29, 0.717) is 12.6 Å². The molecule has 0 amide bonds. The van der Waals surface area contributed by atoms with Gasteiger partial charge < -0.3 is 15.4 Å². The van der Waals surface area contributed by atoms with E-state index in [9.17, 15) is 0 Å². The van der Waals surface area contributed by atoms with Crippen molar-refractivity contribution < 1.29 is 4.74 Å². The van der Waals surface area contributed by atoms with E-state index in [-0.39, 0.29) is 24.0 Å². The molecular formula is C25H33IN6O. The van der Waals surface area contributed by atoms with E-state index in [1.807, 2.05) is 41.2 Å². The second-order valence-corrected chi connectivity index (χ2v) is 7.93. The van der Waals surface area contributed by atoms with Gasteiger partial charge >= 0.3 is 0 Å². The third-order valence-corrected chi connectivity index (χ3v) is 5.87. The van der Waals surface area contributed by atoms with Crippen LogP contribution in [0, 0.1) is 0 Å². The Labute approximate surface area is 213 Å². The van der Waals surface area contributed by atoms with Crippen molar-refractivity contribution in [3.05, 3.63) is 78.1 Å². The fourth-order valence-corrected chi connectivity index (χ4v) is 4.11. The Bertz CT molecular complexity index is 999. The lowest BCUT2D eigenvalue weighted by molar-refractivity contribution is 0.245. The molecule has 2 N–H and O–H groups in total. The van der Waals surface area contributed by atoms with Gasteiger partial charge in [-0.1, -0.05) is 30.3 Å². The minimum atomic E-state index is 0. The van der Waals surface area contributed by atoms with Crippen LogP contribution in [0.25, 0.3) is 5.69 Å². The predicted molar refractivity (Wildman–Crippen MR) is 144 cm³/mol. The van der Waals surface area contributed by atoms with Crippen LogP contribution in [0.15, 0.2) is 71.9 Å². The van der Waals surface area contributed by atoms with Gasteiger partial charge in [-0.25, -0.2) is 4.68 Å². The number of halogens is 1. The molecule has 2 heterocycles. The summed E-state index contributed by atoms with van der Waals surface area (Å²) in [5.74, 6) is 1.62. The number of benzene rings is 2. The molecule has 1 saturated heterocycles. The predicted octanol–water partition coefficient (Wildman–Crippen LogP) is 4.00. The molecule has 1 aliphatic heterocycles. The monoisotopic (exact) mass is 560 g/mol. The van der Waals surface area contributed by atoms with Gasteiger partial charge in [0.15, 0.2) is 5.96 Å². The minimum Gasteiger partial charge on any atom is -0.497 e. The SMILES string of the molecule is CN=C(NCc1ccn(-c2ccc(OC)cc2)n1)NCC(c1ccccc1)N1CCCC1.I. The molecule has 2 aromatic carbocycles. The molecule has 7 nitrogen and oxygen atoms in total. The molecule has 1 aliphatic rings. The summed E-state index contributed by atoms with van der Waals surface area (Å²) < 4.78 is 7.09. The van der Waals surface area contributed by atoms with Crippen molar-refractivity contribution in [1.82, 2.24) is 25.3 Å². The highest BCUT2D eigenvalue weighted by molar-refractivity contribution is 14.0. The largest absolute Gasteiger partial charge is 0.497 e. The first kappa shape index (κ1) is 25.0. The van der Waals surface area contributed by atoms with Crippen LogP contribution in [-0.2, 0) is 6.54 Å². The highest BCUT2D eigenvalue weighted by Crippen LogP contribution is 2.24. The molecular weight excluding hydrogens is 527 g/mol. The maximum Gasteiger partial charge on any atom is 0.191 e. The average molecular weight is 560 g/mol. The quantitative estimate of drug-likeness (QED) is 0.248. The van der Waals surface area contributed by atoms with Crippen LogP contribution in [0.4, 0.5) is 0 Å². The summed E-state index contributed by atoms with van der Waals surface area (Å²) in [5, 5.41) is 11.6. The highest BCUT2D eigenvalue weighted by Gasteiger charge is 2.23. The van der Waals surface area contributed by atoms with Gasteiger partial charge in [0.1, 0.15) is 5.75 Å². The molecule has 0 aliphatic carbocycles. The van der Waals surface area contributed by atoms with Gasteiger partial charge in [-0.05, 0) is 61.8 Å². The van der Waals surface area contributed by atoms with Gasteiger partial charge in [0.25, 0.3) is 0 Å². The Hall–Kier alpha value is -2.59. The van der Waals surface area contributed by atoms with E-state index in [0.717, 1.165) is 42.7 Å². The maximum absolute atomic E-state index is 5.23. The van der Waals surface area contributed by atoms with Crippen molar-refractivity contribution in [3.8, 4) is 11.4 Å². The molecule has 1 aromatic heterocycles. The van der Waals surface area contributed by atoms with Crippen LogP contribution in [0.5, 0.6) is 5.75 Å². The maximum atomic E-state index is 5.23. The Morgan fingerprint density at radius 2 is 1.76 bits per heavy atom. The summed E-state index contributed by atoms with van der Waals surface area (Å²) in [6.07, 6.45) is 4.51. The Kier molecular flexibility index (Phi) is 9.56. The van der Waals surface area contributed by atoms with Gasteiger partial charge in [-0.15, -0.1) is 24.0 Å². The summed E-state index contributed by atoms with van der Waals surface area (Å²) in [6, 6.07) is 20.9. The lowest BCUT2D eigenvalue weighted by atomic mass is 10.1. The van der Waals surface area contributed by atoms with Crippen LogP contribution in [0.1, 0.15) is 30.1 Å². The zero-order chi connectivity index (χ0) is 22.2. The molecule has 0 radical (unpaired) electrons. The van der Waals surface area contributed by atoms with E-state index in [2.05, 4.69) is 56.0 Å². The second-order valence-electron chi connectivity index (χ2n) is 7.93. The molecule has 33 heavy (non-hydrogen) atoms. The zero-order valence-electron chi connectivity index (χ0n) is 19.3. The van der Waals surface area contributed by atoms with Gasteiger partial charge in [0, 0.05) is 19.8 Å². The number of rotatable bonds is 8. The third kappa shape index (κ3) is 6.70. The molecule has 8 heteroatoms. The van der Waals surface area contributed by atoms with E-state index in [1.165, 1.54) is 18.4 Å². The lowest BCUT2D eigenvalue weighted by Crippen LogP contribution is -2.42. The number of methoxy groups -OCH3 is 1. The molecule has 3 aromatic rings. The van der Waals surface area contributed by atoms with Crippen LogP contribution in [-0.4, -0.2) is 54.4 Å². The number of hydrogen-bond donors (Lipinski definition) is 2. The second kappa shape index (κ2) is 12.6. The minimum absolute atomic E-state index is 0. The van der Waals surface area contributed by atoms with Crippen molar-refractivity contribution in [2.24, 2.45) is 4.99 Å². The van der Waals surface area contributed by atoms with Gasteiger partial charge in [-0.2, -0.15) is 5.10 Å². The third-order valence-electron chi connectivity index (χ3n) is 5.87. The van der Waals surface area contributed by atoms with Crippen molar-refractivity contribution in [1.29, 1.82) is 0 Å². The zero-order valence-corrected chi connectivity index (χ0v) is 21.6. The molecule has 0 spiro atoms. The summed E-state index contributed by atoms with van der Waals surface area (Å²) >= 11 is 0. The first-order chi connectivity index (χ1) is 15.8. The van der Waals surface area contributed by atoms with E-state index in [4.69, 9.17) is 4.74 Å². The molecule has 0 bridgehead atoms. The van der Waals surface area contributed by atoms with Crippen molar-refractivity contribution in [2.45, 2.75) is 25.4 Å². The van der Waals surface area contributed by atoms with Gasteiger partial charge in [-0.3, -0.25) is 9.89 Å². The molecule has 1 fully saturated rings. The van der Waals surface area contributed by atoms with E-state index in [1.54, 1.807) is 14.2 Å². The summed E-state index contributed by atoms with van der Waals surface area (Å²) in [6.45, 7) is 3.71. The van der Waals surface area contributed by atoms with E-state index < -0.39 is 0 Å². The molecule has 1 atom stereocenters. The summed E-state index contributed by atoms with van der Waals surface area (Å²) in [5.41, 5.74) is 3.29. The van der Waals surface area contributed by atoms with Crippen molar-refractivity contribution >= 4 is 29.9 Å². The molecule has 4 rings (SSSR count). The number of aromatic nitrogens is 2. The standard InChI is InChI=1S/C25H32N6O.HI/c1-26-25(28-19-24(30-15-6-7-16-30)20-8-4-3-5-9-20)27-18-21-14-17-31(29-21)22-10-12-23(32-2)13-11-22;/h3-5,8-14,17,24H,6-7,15-16,18-19H2,1-2H3,(H2,26,27,28);1H. The Morgan fingerprint density at radius 1 is 1.03 bits per heavy atom. The molecule has 0 saturated carbocycles. The van der Waals surface area contributed by atoms with Gasteiger partial charge in [0.05, 0.1) is 31.1 Å². The summed E-state index contributed by atoms with van der Waals surface area (Å²) in [4.78, 5) is 6.97. The average Bonchev–Trinajstić information content (AvgIpc) is 3.55. The number of guanidine groups is 1. The molecule has 176 valence electrons. The van der Waals surface area contributed by atoms with Crippen molar-refractivity contribution in [3.63, 3.8) is 0 Å². The van der Waals surface area contributed by atoms with Crippen LogP contribution in [0.2, 0.25) is 0 Å². The number of ether oxygens (including phenoxy) is 1. The number of nitrogens with zero attached hydrogens (tertiary/aromatic N) is 4. The van der Waals surface area contributed by atoms with Crippen LogP contribution in [0.3, 0.4) is 0 Å². The van der Waals surface area contributed by atoms with Crippen molar-refractivity contribution in [2.75, 3.05) is 33.8 Å². The fourth-order valence-electron chi connectivity index (χ4n) is 4.11. The first-order valence-corrected chi connectivity index (χ1v) is 11.2. The number of likely N-dealkylation sites (tertiary alicyclic amines) is 1. The number of aliphatic imine (C=N–C) groups is 1. The van der Waals surface area contributed by atoms with E-state index >= 15 is 0 Å².